The molecule has 6 N–H and O–H groups in total. The van der Waals surface area contributed by atoms with Crippen LogP contribution < -0.4 is 11.5 Å². The normalized spacial score (nSPS) is 8.55. The largest absolute Gasteiger partial charge is 0.502 e. The maximum atomic E-state index is 11.0. The summed E-state index contributed by atoms with van der Waals surface area (Å²) >= 11 is 7.24. The molecule has 0 saturated heterocycles. The molecule has 0 unspecified atom stereocenters. The van der Waals surface area contributed by atoms with Crippen LogP contribution in [0.3, 0.4) is 0 Å². The third-order valence-corrected chi connectivity index (χ3v) is 6.71. The van der Waals surface area contributed by atoms with Crippen molar-refractivity contribution in [3.63, 3.8) is 0 Å². The van der Waals surface area contributed by atoms with Crippen LogP contribution >= 0.6 is 35.1 Å². The van der Waals surface area contributed by atoms with Crippen LogP contribution in [0.25, 0.3) is 10.6 Å². The summed E-state index contributed by atoms with van der Waals surface area (Å²) in [6.07, 6.45) is 15.9. The minimum atomic E-state index is -1.09. The zero-order valence-corrected chi connectivity index (χ0v) is 53.2. The van der Waals surface area contributed by atoms with Gasteiger partial charge in [0.1, 0.15) is 0 Å². The first-order valence-electron chi connectivity index (χ1n) is 17.6. The fourth-order valence-corrected chi connectivity index (χ4v) is 2.94. The van der Waals surface area contributed by atoms with E-state index in [1.165, 1.54) is 88.3 Å². The Balaban J connectivity index is -0.000000122. The Morgan fingerprint density at radius 2 is 1.25 bits per heavy atom. The number of methoxy groups -OCH3 is 4. The van der Waals surface area contributed by atoms with Gasteiger partial charge in [0.15, 0.2) is 16.0 Å². The van der Waals surface area contributed by atoms with E-state index in [0.29, 0.717) is 11.8 Å². The Hall–Kier alpha value is -8.01. The van der Waals surface area contributed by atoms with E-state index in [0.717, 1.165) is 52.6 Å². The third-order valence-electron chi connectivity index (χ3n) is 5.56. The number of nitrogens with two attached hydrogens (primary N) is 2. The minimum Gasteiger partial charge on any atom is -0.502 e. The van der Waals surface area contributed by atoms with Gasteiger partial charge in [-0.05, 0) is 75.3 Å². The fourth-order valence-electron chi connectivity index (χ4n) is 2.51. The summed E-state index contributed by atoms with van der Waals surface area (Å²) in [7, 11) is 7.90. The second kappa shape index (κ2) is 51.1. The number of aromatic nitrogens is 4. The van der Waals surface area contributed by atoms with Crippen molar-refractivity contribution in [1.29, 1.82) is 10.8 Å². The molecule has 0 bridgehead atoms. The van der Waals surface area contributed by atoms with Crippen LogP contribution in [-0.2, 0) is 47.6 Å². The summed E-state index contributed by atoms with van der Waals surface area (Å²) in [5, 5.41) is 19.4. The maximum absolute atomic E-state index is 11.0. The first-order chi connectivity index (χ1) is 29.4. The molecule has 0 aliphatic rings. The van der Waals surface area contributed by atoms with Crippen LogP contribution in [0.2, 0.25) is 0 Å². The summed E-state index contributed by atoms with van der Waals surface area (Å²) in [6.45, 7) is 9.02. The number of nitrogens with zero attached hydrogens (tertiary/aromatic N) is 6. The topological polar surface area (TPSA) is 337 Å². The minimum absolute atomic E-state index is 0. The quantitative estimate of drug-likeness (QED) is 0.0141. The van der Waals surface area contributed by atoms with Crippen molar-refractivity contribution < 1.29 is 57.2 Å². The first-order valence-corrected chi connectivity index (χ1v) is 20.4. The monoisotopic (exact) mass is 1470 g/mol. The Morgan fingerprint density at radius 1 is 0.781 bits per heavy atom. The molecule has 0 fully saturated rings. The predicted molar refractivity (Wildman–Crippen MR) is 240 cm³/mol. The summed E-state index contributed by atoms with van der Waals surface area (Å²) in [5.74, 6) is -3.37. The number of nitrogens with one attached hydrogen (secondary N) is 2. The van der Waals surface area contributed by atoms with Gasteiger partial charge in [0.25, 0.3) is 5.78 Å². The Morgan fingerprint density at radius 3 is 1.61 bits per heavy atom. The number of hydrogen-bond donors (Lipinski definition) is 4. The Labute approximate surface area is 376 Å². The molecule has 2 aromatic heterocycles. The molecule has 27 heteroatoms. The van der Waals surface area contributed by atoms with Gasteiger partial charge < -0.3 is 65.9 Å². The maximum Gasteiger partial charge on any atom is 0.391 e. The van der Waals surface area contributed by atoms with Gasteiger partial charge in [-0.1, -0.05) is 63.2 Å². The first kappa shape index (κ1) is 70.5. The standard InChI is InChI=1S/C10H16O4.C7H8N3O2.C7H8N2O2S.C6H12O.C3H3ClO3.C2H6N3.C2H6N2S.2Rf/c1-3-4-5-7-14-8-6-9(11)10(12)13-2;1-8-7-9-4-3-5(10-7)6(11)12-2;1-11-6(10)5-3-4-8-7(9-5)12-2;1-3-5-6-7-4-2;1-7-3(6)2(4)5;2*1-5-2(3)4;;/h6,8H,3-5,7H2,1-2H3;2*3-4H,1-2H3;4H,2-3,5-6H2,1H3;1H3;1H3,(H3-,3,4,5);1H3,(H3,3,4);;/q;-1;;;;-1;;;/b8-6+;;;;;;;;. The number of esters is 4. The molecule has 0 spiro atoms. The summed E-state index contributed by atoms with van der Waals surface area (Å²) in [6, 6.07) is 2.99. The van der Waals surface area contributed by atoms with Crippen molar-refractivity contribution >= 4 is 87.1 Å². The fraction of sp³-hybridized carbons (Fsp3) is 0.459. The number of guanidine groups is 1. The number of rotatable bonds is 16. The van der Waals surface area contributed by atoms with Gasteiger partial charge in [0, 0.05) is 18.2 Å². The average molecular weight is 1470 g/mol. The number of thioether (sulfide) groups is 2. The van der Waals surface area contributed by atoms with Gasteiger partial charge in [-0.15, -0.1) is 0 Å². The van der Waals surface area contributed by atoms with Gasteiger partial charge in [-0.3, -0.25) is 15.0 Å². The molecule has 2 rings (SSSR count). The molecule has 0 saturated carbocycles. The molecule has 2 heterocycles. The van der Waals surface area contributed by atoms with Crippen LogP contribution in [0.15, 0.2) is 54.9 Å². The second-order valence-corrected chi connectivity index (χ2v) is 11.9. The molecule has 64 heavy (non-hydrogen) atoms. The number of carbonyl (C=O) groups excluding carboxylic acids is 6. The molecule has 0 amide bonds. The zero-order valence-electron chi connectivity index (χ0n) is 38.0. The van der Waals surface area contributed by atoms with E-state index in [4.69, 9.17) is 31.8 Å². The van der Waals surface area contributed by atoms with Gasteiger partial charge >= 0.3 is 29.1 Å². The van der Waals surface area contributed by atoms with E-state index >= 15 is 0 Å². The smallest absolute Gasteiger partial charge is 0.391 e. The number of ether oxygens (including phenoxy) is 6. The van der Waals surface area contributed by atoms with Crippen molar-refractivity contribution in [3.05, 3.63) is 71.7 Å². The summed E-state index contributed by atoms with van der Waals surface area (Å²) in [4.78, 5) is 78.2. The van der Waals surface area contributed by atoms with E-state index in [1.807, 2.05) is 6.26 Å². The molecular formula is C37H59ClN10O12Rf2S2-2. The van der Waals surface area contributed by atoms with E-state index in [2.05, 4.69) is 81.5 Å². The van der Waals surface area contributed by atoms with Crippen molar-refractivity contribution in [1.82, 2.24) is 19.9 Å². The Bertz CT molecular complexity index is 1570. The molecule has 0 aromatic carbocycles. The van der Waals surface area contributed by atoms with Gasteiger partial charge in [0.05, 0.1) is 59.9 Å². The van der Waals surface area contributed by atoms with E-state index in [1.54, 1.807) is 13.3 Å². The second-order valence-electron chi connectivity index (χ2n) is 9.95. The summed E-state index contributed by atoms with van der Waals surface area (Å²) < 4.78 is 26.9. The van der Waals surface area contributed by atoms with Crippen LogP contribution in [0.1, 0.15) is 66.9 Å². The summed E-state index contributed by atoms with van der Waals surface area (Å²) in [5.41, 5.74) is 10.1. The molecule has 0 radical (unpaired) electrons. The van der Waals surface area contributed by atoms with Crippen LogP contribution in [0, 0.1) is 10.8 Å². The number of unbranched alkanes of at least 4 members (excludes halogenated alkanes) is 3. The van der Waals surface area contributed by atoms with Gasteiger partial charge in [-0.2, -0.15) is 0 Å². The van der Waals surface area contributed by atoms with Gasteiger partial charge in [0.2, 0.25) is 0 Å². The molecule has 0 atom stereocenters. The SMILES string of the molecule is C=COCCCC.CCCCCO/C=C/C(=O)C(=O)OC.COC(=O)C(=O)Cl.COC(=O)c1ccnc(SC)n1.CSC(=N)N.C[N-]C(=N)N.C[N-]c1nccc(C(=O)OC)n1.[Rf].[Rf]. The molecular weight excluding hydrogens is 1410 g/mol. The predicted octanol–water partition coefficient (Wildman–Crippen LogP) is 5.33. The van der Waals surface area contributed by atoms with Crippen LogP contribution in [0.5, 0.6) is 0 Å². The van der Waals surface area contributed by atoms with E-state index < -0.39 is 34.9 Å². The van der Waals surface area contributed by atoms with Gasteiger partial charge in [-0.25, -0.2) is 29.1 Å². The van der Waals surface area contributed by atoms with Crippen LogP contribution in [-0.4, -0.2) is 134 Å². The number of carbonyl (C=O) groups is 6. The zero-order chi connectivity index (χ0) is 48.7. The molecule has 354 valence electrons. The van der Waals surface area contributed by atoms with E-state index in [9.17, 15) is 28.8 Å². The Kier molecular flexibility index (Phi) is 56.4. The molecule has 0 aliphatic carbocycles. The van der Waals surface area contributed by atoms with Crippen molar-refractivity contribution in [2.24, 2.45) is 11.5 Å². The van der Waals surface area contributed by atoms with Crippen molar-refractivity contribution in [2.45, 2.75) is 51.1 Å². The number of hydrogen-bond acceptors (Lipinski definition) is 20. The number of ketones is 1. The average Bonchev–Trinajstić information content (AvgIpc) is 3.30. The van der Waals surface area contributed by atoms with E-state index in [-0.39, 0.29) is 28.5 Å². The molecule has 0 aliphatic heterocycles. The van der Waals surface area contributed by atoms with Crippen molar-refractivity contribution in [3.8, 4) is 0 Å². The van der Waals surface area contributed by atoms with Crippen LogP contribution in [0.4, 0.5) is 5.95 Å². The molecule has 22 nitrogen and oxygen atoms in total. The molecule has 2 aromatic rings. The number of halogens is 1. The van der Waals surface area contributed by atoms with Crippen molar-refractivity contribution in [2.75, 3.05) is 68.3 Å². The number of amidine groups is 1. The third kappa shape index (κ3) is 48.4.